The number of hydrogen-bond donors (Lipinski definition) is 2. The minimum atomic E-state index is -3.80. The predicted octanol–water partition coefficient (Wildman–Crippen LogP) is 3.83. The fourth-order valence-corrected chi connectivity index (χ4v) is 4.78. The van der Waals surface area contributed by atoms with E-state index in [0.717, 1.165) is 24.6 Å². The zero-order chi connectivity index (χ0) is 23.4. The summed E-state index contributed by atoms with van der Waals surface area (Å²) < 4.78 is 38.4. The van der Waals surface area contributed by atoms with E-state index < -0.39 is 10.0 Å². The molecule has 0 amide bonds. The molecule has 11 heteroatoms. The van der Waals surface area contributed by atoms with Crippen molar-refractivity contribution in [2.45, 2.75) is 11.8 Å². The summed E-state index contributed by atoms with van der Waals surface area (Å²) >= 11 is 6.06. The van der Waals surface area contributed by atoms with Gasteiger partial charge in [-0.25, -0.2) is 18.4 Å². The van der Waals surface area contributed by atoms with Crippen LogP contribution in [0.1, 0.15) is 5.82 Å². The van der Waals surface area contributed by atoms with Gasteiger partial charge in [0.15, 0.2) is 0 Å². The number of anilines is 4. The number of nitrogens with zero attached hydrogens (tertiary/aromatic N) is 3. The molecule has 0 unspecified atom stereocenters. The summed E-state index contributed by atoms with van der Waals surface area (Å²) in [5.41, 5.74) is 1.18. The second kappa shape index (κ2) is 9.82. The molecule has 1 aliphatic heterocycles. The lowest BCUT2D eigenvalue weighted by atomic mass is 10.3. The first-order valence-corrected chi connectivity index (χ1v) is 12.1. The van der Waals surface area contributed by atoms with E-state index in [-0.39, 0.29) is 9.92 Å². The molecule has 174 valence electrons. The van der Waals surface area contributed by atoms with Crippen molar-refractivity contribution >= 4 is 44.6 Å². The standard InChI is InChI=1S/C22H24ClN5O4S/c1-15-24-21(14-22(25-15)28-9-11-32-12-10-28)26-16-3-5-17(6-4-16)27-33(29,30)18-7-8-20(31-2)19(23)13-18/h3-8,13-14,27H,9-12H2,1-2H3,(H,24,25,26). The zero-order valence-corrected chi connectivity index (χ0v) is 19.8. The molecular weight excluding hydrogens is 466 g/mol. The van der Waals surface area contributed by atoms with E-state index >= 15 is 0 Å². The molecule has 2 heterocycles. The molecule has 3 aromatic rings. The lowest BCUT2D eigenvalue weighted by Crippen LogP contribution is -2.36. The molecule has 0 aliphatic carbocycles. The third-order valence-electron chi connectivity index (χ3n) is 5.00. The highest BCUT2D eigenvalue weighted by Crippen LogP contribution is 2.28. The van der Waals surface area contributed by atoms with Crippen LogP contribution in [0.5, 0.6) is 5.75 Å². The van der Waals surface area contributed by atoms with Crippen LogP contribution < -0.4 is 19.7 Å². The fourth-order valence-electron chi connectivity index (χ4n) is 3.37. The van der Waals surface area contributed by atoms with Crippen LogP contribution in [-0.4, -0.2) is 51.8 Å². The first-order chi connectivity index (χ1) is 15.8. The number of methoxy groups -OCH3 is 1. The number of aromatic nitrogens is 2. The summed E-state index contributed by atoms with van der Waals surface area (Å²) in [5, 5.41) is 3.47. The molecule has 9 nitrogen and oxygen atoms in total. The minimum absolute atomic E-state index is 0.0441. The molecule has 2 aromatic carbocycles. The number of aryl methyl sites for hydroxylation is 1. The predicted molar refractivity (Wildman–Crippen MR) is 128 cm³/mol. The van der Waals surface area contributed by atoms with Gasteiger partial charge in [0, 0.05) is 30.5 Å². The number of sulfonamides is 1. The number of halogens is 1. The first-order valence-electron chi connectivity index (χ1n) is 10.3. The second-order valence-corrected chi connectivity index (χ2v) is 9.45. The largest absolute Gasteiger partial charge is 0.495 e. The summed E-state index contributed by atoms with van der Waals surface area (Å²) in [6.45, 7) is 4.75. The number of nitrogens with one attached hydrogen (secondary N) is 2. The second-order valence-electron chi connectivity index (χ2n) is 7.36. The van der Waals surface area contributed by atoms with Crippen molar-refractivity contribution in [2.75, 3.05) is 48.4 Å². The molecule has 1 fully saturated rings. The molecule has 1 aliphatic rings. The molecule has 0 atom stereocenters. The first kappa shape index (κ1) is 23.1. The van der Waals surface area contributed by atoms with Crippen molar-refractivity contribution < 1.29 is 17.9 Å². The van der Waals surface area contributed by atoms with Crippen molar-refractivity contribution in [1.82, 2.24) is 9.97 Å². The van der Waals surface area contributed by atoms with Crippen molar-refractivity contribution in [3.63, 3.8) is 0 Å². The molecule has 33 heavy (non-hydrogen) atoms. The Kier molecular flexibility index (Phi) is 6.87. The van der Waals surface area contributed by atoms with E-state index in [4.69, 9.17) is 21.1 Å². The summed E-state index contributed by atoms with van der Waals surface area (Å²) in [7, 11) is -2.34. The van der Waals surface area contributed by atoms with Crippen molar-refractivity contribution in [2.24, 2.45) is 0 Å². The maximum absolute atomic E-state index is 12.7. The van der Waals surface area contributed by atoms with Crippen LogP contribution in [0, 0.1) is 6.92 Å². The summed E-state index contributed by atoms with van der Waals surface area (Å²) in [6, 6.07) is 13.1. The smallest absolute Gasteiger partial charge is 0.261 e. The van der Waals surface area contributed by atoms with E-state index in [0.29, 0.717) is 36.3 Å². The molecule has 0 bridgehead atoms. The van der Waals surface area contributed by atoms with Crippen molar-refractivity contribution in [3.05, 3.63) is 59.4 Å². The van der Waals surface area contributed by atoms with Gasteiger partial charge in [-0.15, -0.1) is 0 Å². The van der Waals surface area contributed by atoms with Gasteiger partial charge in [-0.3, -0.25) is 4.72 Å². The number of morpholine rings is 1. The topological polar surface area (TPSA) is 106 Å². The summed E-state index contributed by atoms with van der Waals surface area (Å²) in [4.78, 5) is 11.2. The maximum atomic E-state index is 12.7. The highest BCUT2D eigenvalue weighted by Gasteiger charge is 2.17. The van der Waals surface area contributed by atoms with Crippen LogP contribution in [0.4, 0.5) is 23.0 Å². The fraction of sp³-hybridized carbons (Fsp3) is 0.273. The van der Waals surface area contributed by atoms with Gasteiger partial charge in [-0.1, -0.05) is 11.6 Å². The van der Waals surface area contributed by atoms with Crippen molar-refractivity contribution in [3.8, 4) is 5.75 Å². The monoisotopic (exact) mass is 489 g/mol. The molecule has 1 aromatic heterocycles. The maximum Gasteiger partial charge on any atom is 0.261 e. The Bertz CT molecular complexity index is 1230. The lowest BCUT2D eigenvalue weighted by Gasteiger charge is -2.28. The Hall–Kier alpha value is -3.08. The average molecular weight is 490 g/mol. The Balaban J connectivity index is 1.46. The van der Waals surface area contributed by atoms with Gasteiger partial charge in [0.2, 0.25) is 0 Å². The molecular formula is C22H24ClN5O4S. The van der Waals surface area contributed by atoms with Gasteiger partial charge >= 0.3 is 0 Å². The van der Waals surface area contributed by atoms with E-state index in [1.165, 1.54) is 25.3 Å². The highest BCUT2D eigenvalue weighted by atomic mass is 35.5. The number of ether oxygens (including phenoxy) is 2. The minimum Gasteiger partial charge on any atom is -0.495 e. The summed E-state index contributed by atoms with van der Waals surface area (Å²) in [6.07, 6.45) is 0. The molecule has 0 saturated carbocycles. The number of rotatable bonds is 7. The van der Waals surface area contributed by atoms with Gasteiger partial charge in [-0.05, 0) is 49.4 Å². The summed E-state index contributed by atoms with van der Waals surface area (Å²) in [5.74, 6) is 2.56. The Labute approximate surface area is 197 Å². The Morgan fingerprint density at radius 1 is 1.03 bits per heavy atom. The zero-order valence-electron chi connectivity index (χ0n) is 18.2. The van der Waals surface area contributed by atoms with Crippen LogP contribution in [0.2, 0.25) is 5.02 Å². The highest BCUT2D eigenvalue weighted by molar-refractivity contribution is 7.92. The lowest BCUT2D eigenvalue weighted by molar-refractivity contribution is 0.122. The van der Waals surface area contributed by atoms with Crippen LogP contribution in [0.3, 0.4) is 0 Å². The van der Waals surface area contributed by atoms with Crippen LogP contribution in [-0.2, 0) is 14.8 Å². The van der Waals surface area contributed by atoms with Gasteiger partial charge in [0.25, 0.3) is 10.0 Å². The SMILES string of the molecule is COc1ccc(S(=O)(=O)Nc2ccc(Nc3cc(N4CCOCC4)nc(C)n3)cc2)cc1Cl. The quantitative estimate of drug-likeness (QED) is 0.516. The van der Waals surface area contributed by atoms with Gasteiger partial charge in [0.05, 0.1) is 30.2 Å². The molecule has 2 N–H and O–H groups in total. The van der Waals surface area contributed by atoms with E-state index in [1.807, 2.05) is 13.0 Å². The van der Waals surface area contributed by atoms with Gasteiger partial charge < -0.3 is 19.7 Å². The normalized spacial score (nSPS) is 14.1. The Morgan fingerprint density at radius 3 is 2.39 bits per heavy atom. The molecule has 1 saturated heterocycles. The van der Waals surface area contributed by atoms with Crippen LogP contribution in [0.25, 0.3) is 0 Å². The molecule has 4 rings (SSSR count). The third-order valence-corrected chi connectivity index (χ3v) is 6.68. The molecule has 0 spiro atoms. The molecule has 0 radical (unpaired) electrons. The van der Waals surface area contributed by atoms with Gasteiger partial charge in [0.1, 0.15) is 23.2 Å². The van der Waals surface area contributed by atoms with E-state index in [2.05, 4.69) is 24.9 Å². The number of hydrogen-bond acceptors (Lipinski definition) is 8. The average Bonchev–Trinajstić information content (AvgIpc) is 2.80. The Morgan fingerprint density at radius 2 is 1.73 bits per heavy atom. The third kappa shape index (κ3) is 5.65. The van der Waals surface area contributed by atoms with Crippen LogP contribution >= 0.6 is 11.6 Å². The van der Waals surface area contributed by atoms with Gasteiger partial charge in [-0.2, -0.15) is 0 Å². The van der Waals surface area contributed by atoms with Crippen LogP contribution in [0.15, 0.2) is 53.4 Å². The van der Waals surface area contributed by atoms with E-state index in [9.17, 15) is 8.42 Å². The van der Waals surface area contributed by atoms with Crippen molar-refractivity contribution in [1.29, 1.82) is 0 Å². The van der Waals surface area contributed by atoms with E-state index in [1.54, 1.807) is 24.3 Å². The number of benzene rings is 2.